The minimum Gasteiger partial charge on any atom is -0.459 e. The van der Waals surface area contributed by atoms with Crippen molar-refractivity contribution in [3.05, 3.63) is 53.5 Å². The summed E-state index contributed by atoms with van der Waals surface area (Å²) in [4.78, 5) is 24.6. The van der Waals surface area contributed by atoms with Gasteiger partial charge in [-0.2, -0.15) is 0 Å². The summed E-state index contributed by atoms with van der Waals surface area (Å²) in [5, 5.41) is 5.58. The van der Waals surface area contributed by atoms with E-state index in [2.05, 4.69) is 10.6 Å². The molecule has 2 aromatic rings. The number of benzene rings is 1. The highest BCUT2D eigenvalue weighted by Crippen LogP contribution is 2.15. The fourth-order valence-corrected chi connectivity index (χ4v) is 2.19. The van der Waals surface area contributed by atoms with Gasteiger partial charge in [-0.15, -0.1) is 0 Å². The van der Waals surface area contributed by atoms with Crippen LogP contribution in [-0.4, -0.2) is 17.9 Å². The first-order valence-corrected chi connectivity index (χ1v) is 7.61. The van der Waals surface area contributed by atoms with Crippen molar-refractivity contribution in [3.8, 4) is 0 Å². The zero-order valence-electron chi connectivity index (χ0n) is 13.8. The quantitative estimate of drug-likeness (QED) is 0.889. The molecule has 0 unspecified atom stereocenters. The van der Waals surface area contributed by atoms with E-state index in [1.54, 1.807) is 12.1 Å². The van der Waals surface area contributed by atoms with Crippen LogP contribution in [0.5, 0.6) is 0 Å². The monoisotopic (exact) mass is 314 g/mol. The minimum absolute atomic E-state index is 0.0551. The number of rotatable bonds is 5. The van der Waals surface area contributed by atoms with Gasteiger partial charge in [0.05, 0.1) is 6.26 Å². The summed E-state index contributed by atoms with van der Waals surface area (Å²) in [6.45, 7) is 7.77. The van der Waals surface area contributed by atoms with Gasteiger partial charge in [-0.25, -0.2) is 0 Å². The summed E-state index contributed by atoms with van der Waals surface area (Å²) in [6.07, 6.45) is 1.43. The Hall–Kier alpha value is -2.56. The van der Waals surface area contributed by atoms with Crippen LogP contribution in [-0.2, 0) is 4.79 Å². The van der Waals surface area contributed by atoms with Gasteiger partial charge >= 0.3 is 0 Å². The lowest BCUT2D eigenvalue weighted by Gasteiger charge is -2.21. The highest BCUT2D eigenvalue weighted by atomic mass is 16.3. The van der Waals surface area contributed by atoms with Crippen LogP contribution in [0.3, 0.4) is 0 Å². The van der Waals surface area contributed by atoms with Gasteiger partial charge in [0, 0.05) is 5.69 Å². The number of anilines is 1. The summed E-state index contributed by atoms with van der Waals surface area (Å²) in [5.74, 6) is -0.512. The van der Waals surface area contributed by atoms with Crippen LogP contribution in [0.2, 0.25) is 0 Å². The lowest BCUT2D eigenvalue weighted by atomic mass is 10.0. The lowest BCUT2D eigenvalue weighted by Crippen LogP contribution is -2.47. The number of carbonyl (C=O) groups is 2. The Morgan fingerprint density at radius 2 is 1.83 bits per heavy atom. The first-order valence-electron chi connectivity index (χ1n) is 7.61. The molecule has 0 aliphatic heterocycles. The van der Waals surface area contributed by atoms with Gasteiger partial charge < -0.3 is 15.1 Å². The molecule has 0 saturated heterocycles. The van der Waals surface area contributed by atoms with Crippen LogP contribution in [0.4, 0.5) is 5.69 Å². The second kappa shape index (κ2) is 7.13. The first-order chi connectivity index (χ1) is 10.9. The van der Waals surface area contributed by atoms with E-state index in [9.17, 15) is 9.59 Å². The molecule has 2 amide bonds. The minimum atomic E-state index is -0.644. The van der Waals surface area contributed by atoms with E-state index in [-0.39, 0.29) is 17.6 Å². The zero-order chi connectivity index (χ0) is 17.0. The number of carbonyl (C=O) groups excluding carboxylic acids is 2. The van der Waals surface area contributed by atoms with Gasteiger partial charge in [0.1, 0.15) is 6.04 Å². The van der Waals surface area contributed by atoms with Gasteiger partial charge in [-0.05, 0) is 55.2 Å². The van der Waals surface area contributed by atoms with Crippen LogP contribution < -0.4 is 10.6 Å². The van der Waals surface area contributed by atoms with Gasteiger partial charge in [0.15, 0.2) is 5.76 Å². The van der Waals surface area contributed by atoms with Crippen LogP contribution >= 0.6 is 0 Å². The van der Waals surface area contributed by atoms with E-state index in [0.29, 0.717) is 0 Å². The van der Waals surface area contributed by atoms with Gasteiger partial charge in [-0.3, -0.25) is 9.59 Å². The summed E-state index contributed by atoms with van der Waals surface area (Å²) < 4.78 is 5.06. The first kappa shape index (κ1) is 16.8. The number of hydrogen-bond acceptors (Lipinski definition) is 3. The molecule has 2 rings (SSSR count). The zero-order valence-corrected chi connectivity index (χ0v) is 13.8. The van der Waals surface area contributed by atoms with Crippen molar-refractivity contribution in [1.82, 2.24) is 5.32 Å². The molecule has 0 aliphatic rings. The van der Waals surface area contributed by atoms with Gasteiger partial charge in [-0.1, -0.05) is 19.9 Å². The molecule has 1 heterocycles. The molecule has 0 spiro atoms. The highest BCUT2D eigenvalue weighted by Gasteiger charge is 2.25. The number of furan rings is 1. The summed E-state index contributed by atoms with van der Waals surface area (Å²) in [5.41, 5.74) is 2.98. The van der Waals surface area contributed by atoms with Crippen molar-refractivity contribution in [2.45, 2.75) is 33.7 Å². The Balaban J connectivity index is 2.09. The van der Waals surface area contributed by atoms with Gasteiger partial charge in [0.25, 0.3) is 5.91 Å². The molecule has 2 N–H and O–H groups in total. The van der Waals surface area contributed by atoms with E-state index in [0.717, 1.165) is 16.8 Å². The van der Waals surface area contributed by atoms with E-state index in [1.807, 2.05) is 45.9 Å². The molecule has 23 heavy (non-hydrogen) atoms. The van der Waals surface area contributed by atoms with Crippen molar-refractivity contribution >= 4 is 17.5 Å². The highest BCUT2D eigenvalue weighted by molar-refractivity contribution is 6.00. The Kier molecular flexibility index (Phi) is 5.21. The second-order valence-corrected chi connectivity index (χ2v) is 5.96. The van der Waals surface area contributed by atoms with Crippen molar-refractivity contribution in [3.63, 3.8) is 0 Å². The fourth-order valence-electron chi connectivity index (χ4n) is 2.19. The molecule has 0 bridgehead atoms. The standard InChI is InChI=1S/C18H22N2O3/c1-11(2)16(20-17(21)15-6-5-9-23-15)18(22)19-14-8-7-12(3)13(4)10-14/h5-11,16H,1-4H3,(H,19,22)(H,20,21)/t16-/m0/s1. The van der Waals surface area contributed by atoms with Crippen molar-refractivity contribution in [2.24, 2.45) is 5.92 Å². The van der Waals surface area contributed by atoms with Crippen LogP contribution in [0, 0.1) is 19.8 Å². The average Bonchev–Trinajstić information content (AvgIpc) is 3.02. The maximum atomic E-state index is 12.5. The van der Waals surface area contributed by atoms with E-state index in [4.69, 9.17) is 4.42 Å². The van der Waals surface area contributed by atoms with Crippen LogP contribution in [0.25, 0.3) is 0 Å². The third kappa shape index (κ3) is 4.22. The molecular weight excluding hydrogens is 292 g/mol. The molecule has 0 fully saturated rings. The predicted octanol–water partition coefficient (Wildman–Crippen LogP) is 3.29. The van der Waals surface area contributed by atoms with E-state index >= 15 is 0 Å². The molecule has 0 radical (unpaired) electrons. The lowest BCUT2D eigenvalue weighted by molar-refractivity contribution is -0.118. The summed E-state index contributed by atoms with van der Waals surface area (Å²) in [6, 6.07) is 8.28. The fraction of sp³-hybridized carbons (Fsp3) is 0.333. The third-order valence-electron chi connectivity index (χ3n) is 3.76. The summed E-state index contributed by atoms with van der Waals surface area (Å²) >= 11 is 0. The Bertz CT molecular complexity index is 690. The number of hydrogen-bond donors (Lipinski definition) is 2. The Morgan fingerprint density at radius 3 is 2.39 bits per heavy atom. The normalized spacial score (nSPS) is 12.0. The molecule has 5 heteroatoms. The Morgan fingerprint density at radius 1 is 1.09 bits per heavy atom. The summed E-state index contributed by atoms with van der Waals surface area (Å²) in [7, 11) is 0. The van der Waals surface area contributed by atoms with Crippen molar-refractivity contribution < 1.29 is 14.0 Å². The van der Waals surface area contributed by atoms with E-state index < -0.39 is 11.9 Å². The Labute approximate surface area is 136 Å². The molecule has 1 aromatic heterocycles. The molecular formula is C18H22N2O3. The predicted molar refractivity (Wildman–Crippen MR) is 89.3 cm³/mol. The molecule has 0 aliphatic carbocycles. The SMILES string of the molecule is Cc1ccc(NC(=O)[C@@H](NC(=O)c2ccco2)C(C)C)cc1C. The smallest absolute Gasteiger partial charge is 0.287 e. The largest absolute Gasteiger partial charge is 0.459 e. The third-order valence-corrected chi connectivity index (χ3v) is 3.76. The van der Waals surface area contributed by atoms with Crippen molar-refractivity contribution in [1.29, 1.82) is 0 Å². The molecule has 1 aromatic carbocycles. The molecule has 0 saturated carbocycles. The van der Waals surface area contributed by atoms with E-state index in [1.165, 1.54) is 6.26 Å². The molecule has 1 atom stereocenters. The average molecular weight is 314 g/mol. The maximum Gasteiger partial charge on any atom is 0.287 e. The molecule has 5 nitrogen and oxygen atoms in total. The molecule has 122 valence electrons. The number of nitrogens with one attached hydrogen (secondary N) is 2. The second-order valence-electron chi connectivity index (χ2n) is 5.96. The van der Waals surface area contributed by atoms with Crippen molar-refractivity contribution in [2.75, 3.05) is 5.32 Å². The number of aryl methyl sites for hydroxylation is 2. The van der Waals surface area contributed by atoms with Crippen LogP contribution in [0.15, 0.2) is 41.0 Å². The maximum absolute atomic E-state index is 12.5. The van der Waals surface area contributed by atoms with Gasteiger partial charge in [0.2, 0.25) is 5.91 Å². The topological polar surface area (TPSA) is 71.3 Å². The number of amides is 2. The van der Waals surface area contributed by atoms with Crippen LogP contribution in [0.1, 0.15) is 35.5 Å².